The molecule has 0 saturated heterocycles. The molecule has 2 rings (SSSR count). The first kappa shape index (κ1) is 19.5. The fraction of sp³-hybridized carbons (Fsp3) is 0.333. The van der Waals surface area contributed by atoms with Crippen LogP contribution in [0.1, 0.15) is 49.2 Å². The highest BCUT2D eigenvalue weighted by molar-refractivity contribution is 5.90. The molecule has 0 amide bonds. The van der Waals surface area contributed by atoms with Gasteiger partial charge in [0.1, 0.15) is 11.4 Å². The molecule has 0 aliphatic carbocycles. The Balaban J connectivity index is 2.42. The Labute approximate surface area is 153 Å². The molecule has 2 aromatic carbocycles. The van der Waals surface area contributed by atoms with Crippen molar-refractivity contribution in [2.45, 2.75) is 46.1 Å². The predicted molar refractivity (Wildman–Crippen MR) is 99.4 cm³/mol. The Kier molecular flexibility index (Phi) is 5.70. The van der Waals surface area contributed by atoms with Gasteiger partial charge in [0.05, 0.1) is 12.0 Å². The largest absolute Gasteiger partial charge is 0.507 e. The third kappa shape index (κ3) is 4.63. The molecule has 5 nitrogen and oxygen atoms in total. The molecule has 2 aromatic rings. The number of carboxylic acid groups (broad SMARTS) is 1. The van der Waals surface area contributed by atoms with Gasteiger partial charge in [0.15, 0.2) is 0 Å². The first-order chi connectivity index (χ1) is 12.1. The van der Waals surface area contributed by atoms with Crippen molar-refractivity contribution >= 4 is 11.9 Å². The minimum atomic E-state index is -1.00. The zero-order valence-corrected chi connectivity index (χ0v) is 15.5. The molecule has 0 fully saturated rings. The van der Waals surface area contributed by atoms with Crippen molar-refractivity contribution in [2.75, 3.05) is 0 Å². The molecule has 0 bridgehead atoms. The Morgan fingerprint density at radius 3 is 2.08 bits per heavy atom. The van der Waals surface area contributed by atoms with Crippen LogP contribution >= 0.6 is 0 Å². The van der Waals surface area contributed by atoms with Crippen molar-refractivity contribution in [3.63, 3.8) is 0 Å². The quantitative estimate of drug-likeness (QED) is 0.784. The summed E-state index contributed by atoms with van der Waals surface area (Å²) in [6.07, 6.45) is 0.433. The number of rotatable bonds is 5. The molecule has 0 aromatic heterocycles. The monoisotopic (exact) mass is 356 g/mol. The standard InChI is InChI=1S/C21H24O5/c1-5-13-6-11-16(12-17(22)23)19(24)18(13)14-7-9-15(10-8-14)20(25)26-21(2,3)4/h6-11,24H,5,12H2,1-4H3,(H,22,23). The van der Waals surface area contributed by atoms with Crippen LogP contribution in [0.3, 0.4) is 0 Å². The van der Waals surface area contributed by atoms with Gasteiger partial charge in [0, 0.05) is 11.1 Å². The lowest BCUT2D eigenvalue weighted by molar-refractivity contribution is -0.136. The smallest absolute Gasteiger partial charge is 0.338 e. The average Bonchev–Trinajstić information content (AvgIpc) is 2.54. The maximum absolute atomic E-state index is 12.1. The summed E-state index contributed by atoms with van der Waals surface area (Å²) in [7, 11) is 0. The molecule has 0 atom stereocenters. The van der Waals surface area contributed by atoms with Gasteiger partial charge in [-0.25, -0.2) is 4.79 Å². The van der Waals surface area contributed by atoms with Gasteiger partial charge in [0.2, 0.25) is 0 Å². The fourth-order valence-corrected chi connectivity index (χ4v) is 2.71. The van der Waals surface area contributed by atoms with Gasteiger partial charge >= 0.3 is 11.9 Å². The summed E-state index contributed by atoms with van der Waals surface area (Å²) in [5, 5.41) is 19.6. The van der Waals surface area contributed by atoms with Crippen LogP contribution in [0.2, 0.25) is 0 Å². The van der Waals surface area contributed by atoms with Gasteiger partial charge in [-0.2, -0.15) is 0 Å². The van der Waals surface area contributed by atoms with E-state index >= 15 is 0 Å². The van der Waals surface area contributed by atoms with Crippen molar-refractivity contribution in [3.8, 4) is 16.9 Å². The number of carboxylic acids is 1. The van der Waals surface area contributed by atoms with Gasteiger partial charge in [-0.05, 0) is 50.5 Å². The summed E-state index contributed by atoms with van der Waals surface area (Å²) >= 11 is 0. The number of phenols is 1. The number of ether oxygens (including phenoxy) is 1. The minimum Gasteiger partial charge on any atom is -0.507 e. The molecule has 0 aliphatic rings. The molecular formula is C21H24O5. The van der Waals surface area contributed by atoms with Gasteiger partial charge in [-0.3, -0.25) is 4.79 Å². The van der Waals surface area contributed by atoms with Gasteiger partial charge < -0.3 is 14.9 Å². The summed E-state index contributed by atoms with van der Waals surface area (Å²) < 4.78 is 5.35. The van der Waals surface area contributed by atoms with E-state index in [2.05, 4.69) is 0 Å². The van der Waals surface area contributed by atoms with E-state index in [1.807, 2.05) is 13.0 Å². The van der Waals surface area contributed by atoms with Gasteiger partial charge in [-0.15, -0.1) is 0 Å². The number of benzene rings is 2. The molecule has 5 heteroatoms. The van der Waals surface area contributed by atoms with Crippen molar-refractivity contribution in [1.29, 1.82) is 0 Å². The van der Waals surface area contributed by atoms with Crippen LogP contribution in [0.4, 0.5) is 0 Å². The second kappa shape index (κ2) is 7.60. The molecule has 0 unspecified atom stereocenters. The van der Waals surface area contributed by atoms with Crippen molar-refractivity contribution in [3.05, 3.63) is 53.1 Å². The number of hydrogen-bond donors (Lipinski definition) is 2. The number of aryl methyl sites for hydroxylation is 1. The van der Waals surface area contributed by atoms with Crippen LogP contribution in [0.15, 0.2) is 36.4 Å². The number of carbonyl (C=O) groups excluding carboxylic acids is 1. The summed E-state index contributed by atoms with van der Waals surface area (Å²) in [4.78, 5) is 23.1. The predicted octanol–water partition coefficient (Wildman–Crippen LogP) is 4.20. The minimum absolute atomic E-state index is 0.0308. The highest BCUT2D eigenvalue weighted by Gasteiger charge is 2.19. The highest BCUT2D eigenvalue weighted by atomic mass is 16.6. The fourth-order valence-electron chi connectivity index (χ4n) is 2.71. The van der Waals surface area contributed by atoms with E-state index in [0.717, 1.165) is 11.1 Å². The van der Waals surface area contributed by atoms with Gasteiger partial charge in [-0.1, -0.05) is 31.2 Å². The van der Waals surface area contributed by atoms with E-state index in [1.165, 1.54) is 0 Å². The Hall–Kier alpha value is -2.82. The van der Waals surface area contributed by atoms with Gasteiger partial charge in [0.25, 0.3) is 0 Å². The summed E-state index contributed by atoms with van der Waals surface area (Å²) in [6, 6.07) is 10.2. The topological polar surface area (TPSA) is 83.8 Å². The Morgan fingerprint density at radius 2 is 1.58 bits per heavy atom. The van der Waals surface area contributed by atoms with Crippen molar-refractivity contribution in [1.82, 2.24) is 0 Å². The molecule has 0 spiro atoms. The third-order valence-electron chi connectivity index (χ3n) is 3.88. The number of phenolic OH excluding ortho intramolecular Hbond substituents is 1. The highest BCUT2D eigenvalue weighted by Crippen LogP contribution is 2.36. The summed E-state index contributed by atoms with van der Waals surface area (Å²) in [6.45, 7) is 7.38. The van der Waals surface area contributed by atoms with E-state index in [4.69, 9.17) is 9.84 Å². The lowest BCUT2D eigenvalue weighted by atomic mass is 9.93. The molecular weight excluding hydrogens is 332 g/mol. The maximum atomic E-state index is 12.1. The molecule has 0 aliphatic heterocycles. The number of hydrogen-bond acceptors (Lipinski definition) is 4. The average molecular weight is 356 g/mol. The lowest BCUT2D eigenvalue weighted by Crippen LogP contribution is -2.23. The molecule has 2 N–H and O–H groups in total. The number of aliphatic carboxylic acids is 1. The SMILES string of the molecule is CCc1ccc(CC(=O)O)c(O)c1-c1ccc(C(=O)OC(C)(C)C)cc1. The van der Waals surface area contributed by atoms with Crippen molar-refractivity contribution < 1.29 is 24.5 Å². The number of aromatic hydroxyl groups is 1. The van der Waals surface area contributed by atoms with Crippen LogP contribution in [-0.2, 0) is 22.4 Å². The second-order valence-corrected chi connectivity index (χ2v) is 7.11. The van der Waals surface area contributed by atoms with E-state index in [0.29, 0.717) is 23.1 Å². The molecule has 26 heavy (non-hydrogen) atoms. The molecule has 0 heterocycles. The van der Waals surface area contributed by atoms with Crippen LogP contribution in [0.5, 0.6) is 5.75 Å². The molecule has 0 radical (unpaired) electrons. The molecule has 138 valence electrons. The third-order valence-corrected chi connectivity index (χ3v) is 3.88. The van der Waals surface area contributed by atoms with E-state index in [9.17, 15) is 14.7 Å². The van der Waals surface area contributed by atoms with E-state index in [-0.39, 0.29) is 12.2 Å². The van der Waals surface area contributed by atoms with Crippen LogP contribution in [0, 0.1) is 0 Å². The zero-order chi connectivity index (χ0) is 19.5. The Bertz CT molecular complexity index is 814. The van der Waals surface area contributed by atoms with Crippen LogP contribution in [-0.4, -0.2) is 27.8 Å². The maximum Gasteiger partial charge on any atom is 0.338 e. The normalized spacial score (nSPS) is 11.2. The van der Waals surface area contributed by atoms with Crippen LogP contribution in [0.25, 0.3) is 11.1 Å². The van der Waals surface area contributed by atoms with Crippen LogP contribution < -0.4 is 0 Å². The molecule has 0 saturated carbocycles. The van der Waals surface area contributed by atoms with E-state index < -0.39 is 17.5 Å². The van der Waals surface area contributed by atoms with Crippen molar-refractivity contribution in [2.24, 2.45) is 0 Å². The first-order valence-corrected chi connectivity index (χ1v) is 8.51. The summed E-state index contributed by atoms with van der Waals surface area (Å²) in [5.74, 6) is -1.45. The zero-order valence-electron chi connectivity index (χ0n) is 15.5. The van der Waals surface area contributed by atoms with E-state index in [1.54, 1.807) is 51.1 Å². The second-order valence-electron chi connectivity index (χ2n) is 7.11. The lowest BCUT2D eigenvalue weighted by Gasteiger charge is -2.19. The summed E-state index contributed by atoms with van der Waals surface area (Å²) in [5.41, 5.74) is 2.43. The Morgan fingerprint density at radius 1 is 1.00 bits per heavy atom. The first-order valence-electron chi connectivity index (χ1n) is 8.51. The number of carbonyl (C=O) groups is 2. The number of esters is 1.